The third kappa shape index (κ3) is 2.53. The van der Waals surface area contributed by atoms with E-state index in [1.54, 1.807) is 6.07 Å². The Balaban J connectivity index is 2.46. The van der Waals surface area contributed by atoms with E-state index in [4.69, 9.17) is 0 Å². The van der Waals surface area contributed by atoms with Gasteiger partial charge in [-0.25, -0.2) is 0 Å². The smallest absolute Gasteiger partial charge is 0.124 e. The van der Waals surface area contributed by atoms with Crippen LogP contribution < -0.4 is 0 Å². The molecule has 0 aliphatic carbocycles. The SMILES string of the molecule is CCC(CC)N=Cc1c(O)ccc2ccccc12. The van der Waals surface area contributed by atoms with Crippen molar-refractivity contribution >= 4 is 17.0 Å². The second kappa shape index (κ2) is 5.67. The molecule has 2 aromatic carbocycles. The zero-order valence-electron chi connectivity index (χ0n) is 10.9. The van der Waals surface area contributed by atoms with Crippen molar-refractivity contribution in [3.05, 3.63) is 42.0 Å². The maximum absolute atomic E-state index is 9.98. The molecule has 0 fully saturated rings. The van der Waals surface area contributed by atoms with Crippen molar-refractivity contribution in [2.24, 2.45) is 4.99 Å². The molecule has 0 heterocycles. The van der Waals surface area contributed by atoms with E-state index >= 15 is 0 Å². The summed E-state index contributed by atoms with van der Waals surface area (Å²) < 4.78 is 0. The third-order valence-electron chi connectivity index (χ3n) is 3.30. The van der Waals surface area contributed by atoms with Crippen molar-refractivity contribution in [1.82, 2.24) is 0 Å². The largest absolute Gasteiger partial charge is 0.507 e. The minimum absolute atomic E-state index is 0.295. The quantitative estimate of drug-likeness (QED) is 0.801. The number of phenolic OH excluding ortho intramolecular Hbond substituents is 1. The fourth-order valence-corrected chi connectivity index (χ4v) is 2.10. The van der Waals surface area contributed by atoms with Gasteiger partial charge in [-0.15, -0.1) is 0 Å². The van der Waals surface area contributed by atoms with Gasteiger partial charge < -0.3 is 5.11 Å². The molecule has 0 aliphatic rings. The molecule has 94 valence electrons. The van der Waals surface area contributed by atoms with Gasteiger partial charge in [0.15, 0.2) is 0 Å². The zero-order valence-corrected chi connectivity index (χ0v) is 10.9. The molecule has 0 bridgehead atoms. The van der Waals surface area contributed by atoms with E-state index in [2.05, 4.69) is 18.8 Å². The van der Waals surface area contributed by atoms with Crippen LogP contribution in [0, 0.1) is 0 Å². The Labute approximate surface area is 108 Å². The van der Waals surface area contributed by atoms with Gasteiger partial charge in [-0.2, -0.15) is 0 Å². The molecule has 2 aromatic rings. The van der Waals surface area contributed by atoms with Gasteiger partial charge in [0.05, 0.1) is 0 Å². The number of nitrogens with zero attached hydrogens (tertiary/aromatic N) is 1. The minimum Gasteiger partial charge on any atom is -0.507 e. The zero-order chi connectivity index (χ0) is 13.0. The second-order valence-corrected chi connectivity index (χ2v) is 4.47. The number of benzene rings is 2. The van der Waals surface area contributed by atoms with Crippen molar-refractivity contribution in [2.45, 2.75) is 32.7 Å². The number of rotatable bonds is 4. The van der Waals surface area contributed by atoms with Crippen LogP contribution in [0.25, 0.3) is 10.8 Å². The molecule has 0 saturated heterocycles. The Morgan fingerprint density at radius 1 is 1.11 bits per heavy atom. The number of hydrogen-bond acceptors (Lipinski definition) is 2. The Kier molecular flexibility index (Phi) is 3.98. The minimum atomic E-state index is 0.295. The van der Waals surface area contributed by atoms with Crippen LogP contribution in [0.2, 0.25) is 0 Å². The predicted molar refractivity (Wildman–Crippen MR) is 77.6 cm³/mol. The lowest BCUT2D eigenvalue weighted by atomic mass is 10.0. The molecule has 0 aromatic heterocycles. The van der Waals surface area contributed by atoms with Crippen molar-refractivity contribution in [3.8, 4) is 5.75 Å². The van der Waals surface area contributed by atoms with Gasteiger partial charge in [0.1, 0.15) is 5.75 Å². The highest BCUT2D eigenvalue weighted by atomic mass is 16.3. The normalized spacial score (nSPS) is 11.7. The summed E-state index contributed by atoms with van der Waals surface area (Å²) in [5.74, 6) is 0.295. The molecule has 1 N–H and O–H groups in total. The average molecular weight is 241 g/mol. The summed E-state index contributed by atoms with van der Waals surface area (Å²) in [4.78, 5) is 4.56. The molecular formula is C16H19NO. The molecule has 0 atom stereocenters. The van der Waals surface area contributed by atoms with Gasteiger partial charge in [-0.3, -0.25) is 4.99 Å². The number of phenols is 1. The highest BCUT2D eigenvalue weighted by molar-refractivity contribution is 6.02. The molecule has 18 heavy (non-hydrogen) atoms. The number of aliphatic imine (C=N–C) groups is 1. The van der Waals surface area contributed by atoms with Crippen LogP contribution in [0.15, 0.2) is 41.4 Å². The Morgan fingerprint density at radius 3 is 2.56 bits per heavy atom. The molecule has 2 heteroatoms. The molecule has 0 spiro atoms. The maximum atomic E-state index is 9.98. The van der Waals surface area contributed by atoms with Crippen molar-refractivity contribution in [3.63, 3.8) is 0 Å². The van der Waals surface area contributed by atoms with Crippen molar-refractivity contribution < 1.29 is 5.11 Å². The standard InChI is InChI=1S/C16H19NO/c1-3-13(4-2)17-11-15-14-8-6-5-7-12(14)9-10-16(15)18/h5-11,13,18H,3-4H2,1-2H3. The van der Waals surface area contributed by atoms with Crippen LogP contribution in [0.5, 0.6) is 5.75 Å². The summed E-state index contributed by atoms with van der Waals surface area (Å²) in [6.07, 6.45) is 3.87. The van der Waals surface area contributed by atoms with Gasteiger partial charge in [0.25, 0.3) is 0 Å². The first-order valence-corrected chi connectivity index (χ1v) is 6.50. The van der Waals surface area contributed by atoms with Gasteiger partial charge >= 0.3 is 0 Å². The van der Waals surface area contributed by atoms with Crippen molar-refractivity contribution in [1.29, 1.82) is 0 Å². The third-order valence-corrected chi connectivity index (χ3v) is 3.30. The van der Waals surface area contributed by atoms with Crippen LogP contribution in [0.4, 0.5) is 0 Å². The monoisotopic (exact) mass is 241 g/mol. The molecule has 0 radical (unpaired) electrons. The lowest BCUT2D eigenvalue weighted by Gasteiger charge is -2.08. The summed E-state index contributed by atoms with van der Waals surface area (Å²) >= 11 is 0. The molecule has 0 aliphatic heterocycles. The highest BCUT2D eigenvalue weighted by Crippen LogP contribution is 2.25. The van der Waals surface area contributed by atoms with E-state index in [1.807, 2.05) is 36.5 Å². The first kappa shape index (κ1) is 12.6. The van der Waals surface area contributed by atoms with Crippen LogP contribution in [-0.4, -0.2) is 17.4 Å². The molecule has 2 nitrogen and oxygen atoms in total. The number of hydrogen-bond donors (Lipinski definition) is 1. The van der Waals surface area contributed by atoms with E-state index < -0.39 is 0 Å². The molecular weight excluding hydrogens is 222 g/mol. The van der Waals surface area contributed by atoms with Gasteiger partial charge in [-0.1, -0.05) is 44.2 Å². The summed E-state index contributed by atoms with van der Waals surface area (Å²) in [5, 5.41) is 12.2. The van der Waals surface area contributed by atoms with Crippen LogP contribution in [0.1, 0.15) is 32.3 Å². The van der Waals surface area contributed by atoms with Crippen molar-refractivity contribution in [2.75, 3.05) is 0 Å². The summed E-state index contributed by atoms with van der Waals surface area (Å²) in [7, 11) is 0. The summed E-state index contributed by atoms with van der Waals surface area (Å²) in [6, 6.07) is 12.0. The lowest BCUT2D eigenvalue weighted by molar-refractivity contribution is 0.475. The van der Waals surface area contributed by atoms with Crippen LogP contribution in [-0.2, 0) is 0 Å². The second-order valence-electron chi connectivity index (χ2n) is 4.47. The molecule has 0 unspecified atom stereocenters. The van der Waals surface area contributed by atoms with E-state index in [0.717, 1.165) is 29.2 Å². The fraction of sp³-hybridized carbons (Fsp3) is 0.312. The summed E-state index contributed by atoms with van der Waals surface area (Å²) in [5.41, 5.74) is 0.819. The van der Waals surface area contributed by atoms with E-state index in [1.165, 1.54) is 0 Å². The van der Waals surface area contributed by atoms with E-state index in [-0.39, 0.29) is 0 Å². The Morgan fingerprint density at radius 2 is 1.83 bits per heavy atom. The average Bonchev–Trinajstić information content (AvgIpc) is 2.42. The Bertz CT molecular complexity index is 556. The maximum Gasteiger partial charge on any atom is 0.124 e. The highest BCUT2D eigenvalue weighted by Gasteiger charge is 2.05. The topological polar surface area (TPSA) is 32.6 Å². The van der Waals surface area contributed by atoms with E-state index in [0.29, 0.717) is 11.8 Å². The summed E-state index contributed by atoms with van der Waals surface area (Å²) in [6.45, 7) is 4.27. The Hall–Kier alpha value is -1.83. The number of aromatic hydroxyl groups is 1. The van der Waals surface area contributed by atoms with Crippen LogP contribution in [0.3, 0.4) is 0 Å². The van der Waals surface area contributed by atoms with E-state index in [9.17, 15) is 5.11 Å². The van der Waals surface area contributed by atoms with Gasteiger partial charge in [-0.05, 0) is 29.7 Å². The lowest BCUT2D eigenvalue weighted by Crippen LogP contribution is -2.00. The van der Waals surface area contributed by atoms with Crippen LogP contribution >= 0.6 is 0 Å². The predicted octanol–water partition coefficient (Wildman–Crippen LogP) is 4.15. The first-order valence-electron chi connectivity index (χ1n) is 6.50. The number of fused-ring (bicyclic) bond motifs is 1. The fourth-order valence-electron chi connectivity index (χ4n) is 2.10. The molecule has 0 saturated carbocycles. The van der Waals surface area contributed by atoms with Gasteiger partial charge in [0, 0.05) is 17.8 Å². The molecule has 2 rings (SSSR count). The first-order chi connectivity index (χ1) is 8.76. The van der Waals surface area contributed by atoms with Gasteiger partial charge in [0.2, 0.25) is 0 Å². The molecule has 0 amide bonds.